The number of rotatable bonds is 9. The summed E-state index contributed by atoms with van der Waals surface area (Å²) < 4.78 is 0. The Morgan fingerprint density at radius 2 is 1.92 bits per heavy atom. The van der Waals surface area contributed by atoms with E-state index in [0.29, 0.717) is 17.7 Å². The molecule has 0 aromatic heterocycles. The third kappa shape index (κ3) is 6.03. The van der Waals surface area contributed by atoms with Gasteiger partial charge in [0.15, 0.2) is 0 Å². The Hall–Kier alpha value is -1.01. The van der Waals surface area contributed by atoms with E-state index in [1.807, 2.05) is 6.07 Å². The summed E-state index contributed by atoms with van der Waals surface area (Å²) in [5.41, 5.74) is 4.86. The van der Waals surface area contributed by atoms with Crippen molar-refractivity contribution in [2.45, 2.75) is 44.9 Å². The van der Waals surface area contributed by atoms with Gasteiger partial charge in [-0.15, -0.1) is 23.2 Å². The molecule has 1 unspecified atom stereocenters. The minimum absolute atomic E-state index is 0.555. The van der Waals surface area contributed by atoms with Crippen molar-refractivity contribution >= 4 is 28.8 Å². The van der Waals surface area contributed by atoms with E-state index in [9.17, 15) is 5.26 Å². The molecule has 0 fully saturated rings. The molecule has 1 aliphatic carbocycles. The second kappa shape index (κ2) is 10.9. The first-order valence-corrected chi connectivity index (χ1v) is 10.3. The number of hydrogen-bond donors (Lipinski definition) is 0. The molecule has 1 atom stereocenters. The van der Waals surface area contributed by atoms with Crippen molar-refractivity contribution in [2.75, 3.05) is 31.4 Å². The van der Waals surface area contributed by atoms with Gasteiger partial charge in [-0.3, -0.25) is 0 Å². The fourth-order valence-corrected chi connectivity index (χ4v) is 4.05. The van der Waals surface area contributed by atoms with Gasteiger partial charge in [0.1, 0.15) is 0 Å². The quantitative estimate of drug-likeness (QED) is 0.401. The molecule has 0 heterocycles. The standard InChI is InChI=1S/C21H28Cl2N2/c1-17-5-4-7-19(21-15-18(16-24)8-9-20(17)21)6-2-3-12-25(13-10-22)14-11-23/h7-9,15,17H,2-6,10-14H2,1H3. The van der Waals surface area contributed by atoms with Gasteiger partial charge in [-0.25, -0.2) is 0 Å². The second-order valence-electron chi connectivity index (χ2n) is 6.80. The van der Waals surface area contributed by atoms with Gasteiger partial charge in [0.25, 0.3) is 0 Å². The van der Waals surface area contributed by atoms with Crippen molar-refractivity contribution in [2.24, 2.45) is 0 Å². The molecular formula is C21H28Cl2N2. The van der Waals surface area contributed by atoms with Crippen molar-refractivity contribution in [1.29, 1.82) is 5.26 Å². The normalized spacial score (nSPS) is 16.9. The predicted octanol–water partition coefficient (Wildman–Crippen LogP) is 5.79. The number of halogens is 2. The molecule has 0 radical (unpaired) electrons. The smallest absolute Gasteiger partial charge is 0.0991 e. The van der Waals surface area contributed by atoms with Crippen LogP contribution in [0.4, 0.5) is 0 Å². The number of alkyl halides is 2. The molecular weight excluding hydrogens is 351 g/mol. The van der Waals surface area contributed by atoms with E-state index in [4.69, 9.17) is 23.2 Å². The summed E-state index contributed by atoms with van der Waals surface area (Å²) in [5, 5.41) is 9.24. The highest BCUT2D eigenvalue weighted by atomic mass is 35.5. The maximum atomic E-state index is 9.24. The van der Waals surface area contributed by atoms with Crippen LogP contribution in [0.5, 0.6) is 0 Å². The lowest BCUT2D eigenvalue weighted by Crippen LogP contribution is -2.28. The van der Waals surface area contributed by atoms with Gasteiger partial charge in [-0.05, 0) is 73.4 Å². The highest BCUT2D eigenvalue weighted by molar-refractivity contribution is 6.18. The van der Waals surface area contributed by atoms with E-state index in [0.717, 1.165) is 50.9 Å². The third-order valence-corrected chi connectivity index (χ3v) is 5.36. The van der Waals surface area contributed by atoms with E-state index < -0.39 is 0 Å². The lowest BCUT2D eigenvalue weighted by atomic mass is 9.89. The number of benzene rings is 1. The zero-order valence-electron chi connectivity index (χ0n) is 15.1. The van der Waals surface area contributed by atoms with E-state index in [2.05, 4.69) is 36.1 Å². The van der Waals surface area contributed by atoms with Crippen molar-refractivity contribution in [3.63, 3.8) is 0 Å². The predicted molar refractivity (Wildman–Crippen MR) is 109 cm³/mol. The second-order valence-corrected chi connectivity index (χ2v) is 7.55. The summed E-state index contributed by atoms with van der Waals surface area (Å²) in [7, 11) is 0. The molecule has 0 amide bonds. The van der Waals surface area contributed by atoms with Gasteiger partial charge in [0.2, 0.25) is 0 Å². The molecule has 0 aliphatic heterocycles. The van der Waals surface area contributed by atoms with Crippen LogP contribution >= 0.6 is 23.2 Å². The summed E-state index contributed by atoms with van der Waals surface area (Å²) >= 11 is 11.7. The van der Waals surface area contributed by atoms with Crippen LogP contribution in [0.15, 0.2) is 24.3 Å². The number of unbranched alkanes of at least 4 members (excludes halogenated alkanes) is 1. The summed E-state index contributed by atoms with van der Waals surface area (Å²) in [6, 6.07) is 8.47. The maximum Gasteiger partial charge on any atom is 0.0991 e. The Morgan fingerprint density at radius 1 is 1.16 bits per heavy atom. The molecule has 0 spiro atoms. The molecule has 0 saturated heterocycles. The number of fused-ring (bicyclic) bond motifs is 1. The van der Waals surface area contributed by atoms with E-state index in [-0.39, 0.29) is 0 Å². The van der Waals surface area contributed by atoms with E-state index in [1.165, 1.54) is 23.1 Å². The molecule has 25 heavy (non-hydrogen) atoms. The first-order chi connectivity index (χ1) is 12.2. The average molecular weight is 379 g/mol. The summed E-state index contributed by atoms with van der Waals surface area (Å²) in [4.78, 5) is 2.34. The topological polar surface area (TPSA) is 27.0 Å². The fourth-order valence-electron chi connectivity index (χ4n) is 3.57. The van der Waals surface area contributed by atoms with Gasteiger partial charge in [-0.2, -0.15) is 5.26 Å². The van der Waals surface area contributed by atoms with Crippen LogP contribution in [0.25, 0.3) is 5.57 Å². The fraction of sp³-hybridized carbons (Fsp3) is 0.571. The Kier molecular flexibility index (Phi) is 8.82. The Balaban J connectivity index is 1.99. The lowest BCUT2D eigenvalue weighted by molar-refractivity contribution is 0.301. The maximum absolute atomic E-state index is 9.24. The number of allylic oxidation sites excluding steroid dienone is 2. The van der Waals surface area contributed by atoms with Crippen molar-refractivity contribution in [3.05, 3.63) is 41.0 Å². The van der Waals surface area contributed by atoms with Gasteiger partial charge < -0.3 is 4.90 Å². The summed E-state index contributed by atoms with van der Waals surface area (Å²) in [5.74, 6) is 1.87. The molecule has 1 aromatic carbocycles. The first-order valence-electron chi connectivity index (χ1n) is 9.27. The van der Waals surface area contributed by atoms with E-state index in [1.54, 1.807) is 0 Å². The molecule has 2 rings (SSSR count). The van der Waals surface area contributed by atoms with Gasteiger partial charge in [0, 0.05) is 24.8 Å². The minimum Gasteiger partial charge on any atom is -0.301 e. The van der Waals surface area contributed by atoms with Crippen LogP contribution in [0.2, 0.25) is 0 Å². The largest absolute Gasteiger partial charge is 0.301 e. The molecule has 136 valence electrons. The summed E-state index contributed by atoms with van der Waals surface area (Å²) in [6.45, 7) is 5.15. The molecule has 1 aromatic rings. The zero-order valence-corrected chi connectivity index (χ0v) is 16.6. The van der Waals surface area contributed by atoms with Crippen molar-refractivity contribution in [3.8, 4) is 6.07 Å². The Bertz CT molecular complexity index is 613. The van der Waals surface area contributed by atoms with E-state index >= 15 is 0 Å². The summed E-state index contributed by atoms with van der Waals surface area (Å²) in [6.07, 6.45) is 8.06. The average Bonchev–Trinajstić information content (AvgIpc) is 2.77. The van der Waals surface area contributed by atoms with Crippen LogP contribution in [0.3, 0.4) is 0 Å². The zero-order chi connectivity index (χ0) is 18.1. The Morgan fingerprint density at radius 3 is 2.60 bits per heavy atom. The Labute approximate surface area is 162 Å². The van der Waals surface area contributed by atoms with Crippen molar-refractivity contribution < 1.29 is 0 Å². The highest BCUT2D eigenvalue weighted by Gasteiger charge is 2.17. The molecule has 1 aliphatic rings. The lowest BCUT2D eigenvalue weighted by Gasteiger charge is -2.20. The van der Waals surface area contributed by atoms with Crippen LogP contribution in [-0.4, -0.2) is 36.3 Å². The van der Waals surface area contributed by atoms with Crippen LogP contribution < -0.4 is 0 Å². The molecule has 2 nitrogen and oxygen atoms in total. The number of hydrogen-bond acceptors (Lipinski definition) is 2. The monoisotopic (exact) mass is 378 g/mol. The van der Waals surface area contributed by atoms with Gasteiger partial charge in [-0.1, -0.05) is 19.1 Å². The highest BCUT2D eigenvalue weighted by Crippen LogP contribution is 2.35. The van der Waals surface area contributed by atoms with Gasteiger partial charge in [0.05, 0.1) is 11.6 Å². The third-order valence-electron chi connectivity index (χ3n) is 5.02. The van der Waals surface area contributed by atoms with Crippen LogP contribution in [0.1, 0.15) is 61.6 Å². The molecule has 0 N–H and O–H groups in total. The molecule has 0 bridgehead atoms. The SMILES string of the molecule is CC1CCC=C(CCCCN(CCCl)CCCl)c2cc(C#N)ccc21. The minimum atomic E-state index is 0.555. The molecule has 0 saturated carbocycles. The first kappa shape index (κ1) is 20.3. The number of nitriles is 1. The van der Waals surface area contributed by atoms with Crippen molar-refractivity contribution in [1.82, 2.24) is 4.90 Å². The van der Waals surface area contributed by atoms with Crippen LogP contribution in [0, 0.1) is 11.3 Å². The van der Waals surface area contributed by atoms with Gasteiger partial charge >= 0.3 is 0 Å². The van der Waals surface area contributed by atoms with Crippen LogP contribution in [-0.2, 0) is 0 Å². The molecule has 4 heteroatoms. The number of nitrogens with zero attached hydrogens (tertiary/aromatic N) is 2.